The fourth-order valence-electron chi connectivity index (χ4n) is 2.71. The number of carbonyl (C=O) groups excluding carboxylic acids is 1. The van der Waals surface area contributed by atoms with E-state index in [0.29, 0.717) is 6.04 Å². The minimum atomic E-state index is 0.126. The van der Waals surface area contributed by atoms with Crippen LogP contribution in [-0.2, 0) is 13.0 Å². The fraction of sp³-hybridized carbons (Fsp3) is 0.467. The van der Waals surface area contributed by atoms with Gasteiger partial charge in [-0.05, 0) is 54.7 Å². The van der Waals surface area contributed by atoms with Crippen molar-refractivity contribution in [1.29, 1.82) is 0 Å². The topological polar surface area (TPSA) is 45.2 Å². The SMILES string of the molecule is Cc1nsc(NC2CC2)c1C(=O)N1CCc2sccc2C1. The first-order valence-electron chi connectivity index (χ1n) is 7.29. The summed E-state index contributed by atoms with van der Waals surface area (Å²) in [7, 11) is 0. The van der Waals surface area contributed by atoms with Crippen molar-refractivity contribution in [1.82, 2.24) is 9.27 Å². The summed E-state index contributed by atoms with van der Waals surface area (Å²) in [6.07, 6.45) is 3.37. The van der Waals surface area contributed by atoms with Crippen LogP contribution in [0.1, 0.15) is 39.3 Å². The molecule has 1 saturated carbocycles. The Bertz CT molecular complexity index is 687. The summed E-state index contributed by atoms with van der Waals surface area (Å²) in [6, 6.07) is 2.68. The molecule has 1 aliphatic heterocycles. The van der Waals surface area contributed by atoms with E-state index in [4.69, 9.17) is 0 Å². The Kier molecular flexibility index (Phi) is 3.23. The zero-order valence-corrected chi connectivity index (χ0v) is 13.5. The van der Waals surface area contributed by atoms with E-state index in [0.717, 1.165) is 35.8 Å². The second kappa shape index (κ2) is 5.10. The van der Waals surface area contributed by atoms with E-state index in [-0.39, 0.29) is 5.91 Å². The molecular formula is C15H17N3OS2. The Morgan fingerprint density at radius 2 is 2.33 bits per heavy atom. The van der Waals surface area contributed by atoms with Crippen LogP contribution >= 0.6 is 22.9 Å². The average molecular weight is 319 g/mol. The quantitative estimate of drug-likeness (QED) is 0.944. The van der Waals surface area contributed by atoms with Crippen LogP contribution in [0.4, 0.5) is 5.00 Å². The standard InChI is InChI=1S/C15H17N3OS2/c1-9-13(14(21-17-9)16-11-2-3-11)15(19)18-6-4-12-10(8-18)5-7-20-12/h5,7,11,16H,2-4,6,8H2,1H3. The van der Waals surface area contributed by atoms with Crippen LogP contribution in [0, 0.1) is 6.92 Å². The first-order valence-corrected chi connectivity index (χ1v) is 8.95. The van der Waals surface area contributed by atoms with Crippen LogP contribution in [0.25, 0.3) is 0 Å². The molecule has 1 aliphatic carbocycles. The van der Waals surface area contributed by atoms with Gasteiger partial charge in [-0.25, -0.2) is 0 Å². The molecule has 3 heterocycles. The normalized spacial score (nSPS) is 17.7. The van der Waals surface area contributed by atoms with Crippen molar-refractivity contribution in [3.63, 3.8) is 0 Å². The van der Waals surface area contributed by atoms with Crippen molar-refractivity contribution in [3.8, 4) is 0 Å². The minimum Gasteiger partial charge on any atom is -0.372 e. The first-order chi connectivity index (χ1) is 10.2. The van der Waals surface area contributed by atoms with Crippen molar-refractivity contribution in [2.45, 2.75) is 38.8 Å². The molecular weight excluding hydrogens is 302 g/mol. The van der Waals surface area contributed by atoms with Gasteiger partial charge in [0.05, 0.1) is 11.3 Å². The molecule has 2 aromatic heterocycles. The molecule has 110 valence electrons. The molecule has 6 heteroatoms. The lowest BCUT2D eigenvalue weighted by molar-refractivity contribution is 0.0736. The maximum atomic E-state index is 12.9. The van der Waals surface area contributed by atoms with Crippen molar-refractivity contribution in [3.05, 3.63) is 33.1 Å². The Labute approximate surface area is 132 Å². The Balaban J connectivity index is 1.59. The number of amides is 1. The molecule has 0 spiro atoms. The molecule has 0 unspecified atom stereocenters. The van der Waals surface area contributed by atoms with Gasteiger partial charge in [0.2, 0.25) is 0 Å². The second-order valence-corrected chi connectivity index (χ2v) is 7.51. The molecule has 0 radical (unpaired) electrons. The summed E-state index contributed by atoms with van der Waals surface area (Å²) in [5, 5.41) is 6.53. The predicted octanol–water partition coefficient (Wildman–Crippen LogP) is 3.29. The number of nitrogens with one attached hydrogen (secondary N) is 1. The Hall–Kier alpha value is -1.40. The summed E-state index contributed by atoms with van der Waals surface area (Å²) in [5.41, 5.74) is 2.94. The number of rotatable bonds is 3. The first kappa shape index (κ1) is 13.3. The zero-order valence-electron chi connectivity index (χ0n) is 11.9. The number of nitrogens with zero attached hydrogens (tertiary/aromatic N) is 2. The van der Waals surface area contributed by atoms with E-state index in [9.17, 15) is 4.79 Å². The maximum absolute atomic E-state index is 12.9. The van der Waals surface area contributed by atoms with E-state index < -0.39 is 0 Å². The Morgan fingerprint density at radius 3 is 3.14 bits per heavy atom. The van der Waals surface area contributed by atoms with Gasteiger partial charge >= 0.3 is 0 Å². The lowest BCUT2D eigenvalue weighted by Gasteiger charge is -2.27. The van der Waals surface area contributed by atoms with E-state index in [2.05, 4.69) is 21.1 Å². The maximum Gasteiger partial charge on any atom is 0.259 e. The highest BCUT2D eigenvalue weighted by Crippen LogP contribution is 2.33. The third-order valence-corrected chi connectivity index (χ3v) is 5.98. The number of fused-ring (bicyclic) bond motifs is 1. The van der Waals surface area contributed by atoms with Crippen LogP contribution in [0.5, 0.6) is 0 Å². The van der Waals surface area contributed by atoms with Gasteiger partial charge in [0, 0.05) is 24.0 Å². The van der Waals surface area contributed by atoms with Crippen molar-refractivity contribution >= 4 is 33.8 Å². The van der Waals surface area contributed by atoms with Crippen LogP contribution in [0.3, 0.4) is 0 Å². The lowest BCUT2D eigenvalue weighted by Crippen LogP contribution is -2.35. The number of carbonyl (C=O) groups is 1. The third kappa shape index (κ3) is 2.46. The van der Waals surface area contributed by atoms with Gasteiger partial charge in [0.15, 0.2) is 0 Å². The molecule has 1 N–H and O–H groups in total. The molecule has 1 amide bonds. The molecule has 2 aromatic rings. The predicted molar refractivity (Wildman–Crippen MR) is 86.3 cm³/mol. The van der Waals surface area contributed by atoms with Gasteiger partial charge in [-0.2, -0.15) is 4.37 Å². The monoisotopic (exact) mass is 319 g/mol. The highest BCUT2D eigenvalue weighted by atomic mass is 32.1. The zero-order chi connectivity index (χ0) is 14.4. The number of hydrogen-bond donors (Lipinski definition) is 1. The van der Waals surface area contributed by atoms with Crippen LogP contribution < -0.4 is 5.32 Å². The van der Waals surface area contributed by atoms with E-state index >= 15 is 0 Å². The molecule has 0 atom stereocenters. The lowest BCUT2D eigenvalue weighted by atomic mass is 10.1. The highest BCUT2D eigenvalue weighted by molar-refractivity contribution is 7.10. The van der Waals surface area contributed by atoms with Crippen molar-refractivity contribution < 1.29 is 4.79 Å². The van der Waals surface area contributed by atoms with Crippen LogP contribution in [0.15, 0.2) is 11.4 Å². The van der Waals surface area contributed by atoms with Crippen LogP contribution in [-0.4, -0.2) is 27.8 Å². The van der Waals surface area contributed by atoms with Gasteiger partial charge in [-0.3, -0.25) is 4.79 Å². The summed E-state index contributed by atoms with van der Waals surface area (Å²) in [5.74, 6) is 0.126. The smallest absolute Gasteiger partial charge is 0.259 e. The van der Waals surface area contributed by atoms with E-state index in [1.165, 1.54) is 34.8 Å². The third-order valence-electron chi connectivity index (χ3n) is 4.08. The van der Waals surface area contributed by atoms with E-state index in [1.54, 1.807) is 11.3 Å². The van der Waals surface area contributed by atoms with E-state index in [1.807, 2.05) is 11.8 Å². The van der Waals surface area contributed by atoms with Crippen molar-refractivity contribution in [2.75, 3.05) is 11.9 Å². The van der Waals surface area contributed by atoms with Gasteiger partial charge in [0.25, 0.3) is 5.91 Å². The van der Waals surface area contributed by atoms with Gasteiger partial charge in [-0.15, -0.1) is 11.3 Å². The molecule has 0 bridgehead atoms. The molecule has 21 heavy (non-hydrogen) atoms. The Morgan fingerprint density at radius 1 is 1.48 bits per heavy atom. The van der Waals surface area contributed by atoms with Gasteiger partial charge in [-0.1, -0.05) is 0 Å². The van der Waals surface area contributed by atoms with Gasteiger partial charge in [0.1, 0.15) is 5.00 Å². The molecule has 2 aliphatic rings. The number of aromatic nitrogens is 1. The number of hydrogen-bond acceptors (Lipinski definition) is 5. The largest absolute Gasteiger partial charge is 0.372 e. The van der Waals surface area contributed by atoms with Crippen molar-refractivity contribution in [2.24, 2.45) is 0 Å². The number of thiophene rings is 1. The van der Waals surface area contributed by atoms with Crippen LogP contribution in [0.2, 0.25) is 0 Å². The highest BCUT2D eigenvalue weighted by Gasteiger charge is 2.30. The molecule has 0 saturated heterocycles. The summed E-state index contributed by atoms with van der Waals surface area (Å²) < 4.78 is 4.38. The minimum absolute atomic E-state index is 0.126. The molecule has 4 rings (SSSR count). The number of aryl methyl sites for hydroxylation is 1. The van der Waals surface area contributed by atoms with Gasteiger partial charge < -0.3 is 10.2 Å². The second-order valence-electron chi connectivity index (χ2n) is 5.74. The number of anilines is 1. The summed E-state index contributed by atoms with van der Waals surface area (Å²) in [4.78, 5) is 16.3. The summed E-state index contributed by atoms with van der Waals surface area (Å²) >= 11 is 3.22. The molecule has 0 aromatic carbocycles. The fourth-order valence-corrected chi connectivity index (χ4v) is 4.47. The summed E-state index contributed by atoms with van der Waals surface area (Å²) in [6.45, 7) is 3.47. The molecule has 4 nitrogen and oxygen atoms in total. The average Bonchev–Trinajstić information content (AvgIpc) is 3.05. The molecule has 1 fully saturated rings.